The van der Waals surface area contributed by atoms with Crippen molar-refractivity contribution in [1.82, 2.24) is 0 Å². The Balaban J connectivity index is 1.91. The maximum absolute atomic E-state index is 5.57. The SMILES string of the molecule is NOCC1(c2ccc3c(c2)OCCO3)CC1. The van der Waals surface area contributed by atoms with Gasteiger partial charge < -0.3 is 14.3 Å². The van der Waals surface area contributed by atoms with Gasteiger partial charge in [-0.3, -0.25) is 0 Å². The summed E-state index contributed by atoms with van der Waals surface area (Å²) in [6, 6.07) is 6.11. The molecular weight excluding hydrogens is 206 g/mol. The molecule has 0 unspecified atom stereocenters. The van der Waals surface area contributed by atoms with E-state index in [2.05, 4.69) is 12.1 Å². The molecule has 1 aliphatic heterocycles. The Morgan fingerprint density at radius 3 is 2.62 bits per heavy atom. The van der Waals surface area contributed by atoms with Crippen LogP contribution in [0.4, 0.5) is 0 Å². The first kappa shape index (κ1) is 9.93. The van der Waals surface area contributed by atoms with Crippen LogP contribution in [0.5, 0.6) is 11.5 Å². The summed E-state index contributed by atoms with van der Waals surface area (Å²) < 4.78 is 11.1. The molecule has 1 aliphatic carbocycles. The lowest BCUT2D eigenvalue weighted by molar-refractivity contribution is 0.115. The zero-order chi connectivity index (χ0) is 11.0. The van der Waals surface area contributed by atoms with Crippen LogP contribution in [0.2, 0.25) is 0 Å². The summed E-state index contributed by atoms with van der Waals surface area (Å²) in [5.74, 6) is 6.85. The monoisotopic (exact) mass is 221 g/mol. The van der Waals surface area contributed by atoms with E-state index in [9.17, 15) is 0 Å². The van der Waals surface area contributed by atoms with E-state index < -0.39 is 0 Å². The van der Waals surface area contributed by atoms with E-state index in [4.69, 9.17) is 20.2 Å². The van der Waals surface area contributed by atoms with Crippen LogP contribution >= 0.6 is 0 Å². The maximum atomic E-state index is 5.57. The molecule has 2 aliphatic rings. The molecule has 1 saturated carbocycles. The average molecular weight is 221 g/mol. The first-order valence-electron chi connectivity index (χ1n) is 5.56. The van der Waals surface area contributed by atoms with Crippen molar-refractivity contribution in [2.24, 2.45) is 5.90 Å². The fourth-order valence-electron chi connectivity index (χ4n) is 2.20. The highest BCUT2D eigenvalue weighted by molar-refractivity contribution is 5.47. The van der Waals surface area contributed by atoms with Gasteiger partial charge in [0.2, 0.25) is 0 Å². The van der Waals surface area contributed by atoms with E-state index in [0.717, 1.165) is 24.3 Å². The van der Waals surface area contributed by atoms with E-state index in [-0.39, 0.29) is 5.41 Å². The molecule has 0 amide bonds. The minimum Gasteiger partial charge on any atom is -0.486 e. The van der Waals surface area contributed by atoms with Gasteiger partial charge in [0.25, 0.3) is 0 Å². The molecule has 0 saturated heterocycles. The standard InChI is InChI=1S/C12H15NO3/c13-16-8-12(3-4-12)9-1-2-10-11(7-9)15-6-5-14-10/h1-2,7H,3-6,8,13H2. The van der Waals surface area contributed by atoms with Crippen molar-refractivity contribution in [2.45, 2.75) is 18.3 Å². The molecule has 3 rings (SSSR count). The molecule has 1 fully saturated rings. The number of hydrogen-bond donors (Lipinski definition) is 1. The summed E-state index contributed by atoms with van der Waals surface area (Å²) in [5, 5.41) is 0. The van der Waals surface area contributed by atoms with Crippen molar-refractivity contribution in [3.05, 3.63) is 23.8 Å². The lowest BCUT2D eigenvalue weighted by atomic mass is 9.96. The molecule has 0 bridgehead atoms. The van der Waals surface area contributed by atoms with Gasteiger partial charge in [-0.15, -0.1) is 0 Å². The van der Waals surface area contributed by atoms with Crippen molar-refractivity contribution in [1.29, 1.82) is 0 Å². The van der Waals surface area contributed by atoms with E-state index in [1.165, 1.54) is 5.56 Å². The Morgan fingerprint density at radius 1 is 1.19 bits per heavy atom. The Bertz CT molecular complexity index is 401. The molecule has 0 atom stereocenters. The van der Waals surface area contributed by atoms with E-state index in [1.807, 2.05) is 6.07 Å². The van der Waals surface area contributed by atoms with E-state index >= 15 is 0 Å². The Kier molecular flexibility index (Phi) is 2.26. The minimum absolute atomic E-state index is 0.116. The second-order valence-electron chi connectivity index (χ2n) is 4.45. The third-order valence-corrected chi connectivity index (χ3v) is 3.37. The van der Waals surface area contributed by atoms with Crippen LogP contribution in [0.15, 0.2) is 18.2 Å². The van der Waals surface area contributed by atoms with Crippen molar-refractivity contribution < 1.29 is 14.3 Å². The number of nitrogens with two attached hydrogens (primary N) is 1. The summed E-state index contributed by atoms with van der Waals surface area (Å²) in [5.41, 5.74) is 1.35. The zero-order valence-corrected chi connectivity index (χ0v) is 9.07. The number of rotatable bonds is 3. The molecule has 86 valence electrons. The van der Waals surface area contributed by atoms with E-state index in [0.29, 0.717) is 19.8 Å². The molecule has 4 nitrogen and oxygen atoms in total. The second kappa shape index (κ2) is 3.64. The minimum atomic E-state index is 0.116. The Labute approximate surface area is 94.2 Å². The zero-order valence-electron chi connectivity index (χ0n) is 9.07. The molecule has 0 radical (unpaired) electrons. The molecule has 4 heteroatoms. The molecular formula is C12H15NO3. The quantitative estimate of drug-likeness (QED) is 0.783. The first-order valence-corrected chi connectivity index (χ1v) is 5.56. The van der Waals surface area contributed by atoms with Crippen LogP contribution < -0.4 is 15.4 Å². The van der Waals surface area contributed by atoms with Gasteiger partial charge in [0.05, 0.1) is 6.61 Å². The fraction of sp³-hybridized carbons (Fsp3) is 0.500. The highest BCUT2D eigenvalue weighted by atomic mass is 16.6. The molecule has 0 aromatic heterocycles. The third kappa shape index (κ3) is 1.54. The van der Waals surface area contributed by atoms with Crippen molar-refractivity contribution in [3.63, 3.8) is 0 Å². The summed E-state index contributed by atoms with van der Waals surface area (Å²) in [6.07, 6.45) is 2.26. The van der Waals surface area contributed by atoms with Gasteiger partial charge in [0.15, 0.2) is 11.5 Å². The topological polar surface area (TPSA) is 53.7 Å². The highest BCUT2D eigenvalue weighted by Crippen LogP contribution is 2.50. The van der Waals surface area contributed by atoms with Gasteiger partial charge in [-0.2, -0.15) is 0 Å². The van der Waals surface area contributed by atoms with Gasteiger partial charge in [-0.1, -0.05) is 6.07 Å². The lowest BCUT2D eigenvalue weighted by Crippen LogP contribution is -2.20. The lowest BCUT2D eigenvalue weighted by Gasteiger charge is -2.21. The number of benzene rings is 1. The summed E-state index contributed by atoms with van der Waals surface area (Å²) in [7, 11) is 0. The van der Waals surface area contributed by atoms with Gasteiger partial charge >= 0.3 is 0 Å². The Hall–Kier alpha value is -1.26. The summed E-state index contributed by atoms with van der Waals surface area (Å²) in [4.78, 5) is 4.80. The molecule has 2 N–H and O–H groups in total. The largest absolute Gasteiger partial charge is 0.486 e. The van der Waals surface area contributed by atoms with Crippen LogP contribution in [0, 0.1) is 0 Å². The first-order chi connectivity index (χ1) is 7.84. The average Bonchev–Trinajstić information content (AvgIpc) is 3.10. The number of ether oxygens (including phenoxy) is 2. The van der Waals surface area contributed by atoms with Gasteiger partial charge in [0.1, 0.15) is 13.2 Å². The summed E-state index contributed by atoms with van der Waals surface area (Å²) in [6.45, 7) is 1.83. The van der Waals surface area contributed by atoms with Gasteiger partial charge in [-0.05, 0) is 30.5 Å². The Morgan fingerprint density at radius 2 is 1.94 bits per heavy atom. The van der Waals surface area contributed by atoms with Crippen LogP contribution in [-0.2, 0) is 10.3 Å². The normalized spacial score (nSPS) is 20.6. The van der Waals surface area contributed by atoms with Crippen LogP contribution in [0.3, 0.4) is 0 Å². The highest BCUT2D eigenvalue weighted by Gasteiger charge is 2.45. The molecule has 0 spiro atoms. The second-order valence-corrected chi connectivity index (χ2v) is 4.45. The van der Waals surface area contributed by atoms with Gasteiger partial charge in [0, 0.05) is 5.41 Å². The maximum Gasteiger partial charge on any atom is 0.161 e. The van der Waals surface area contributed by atoms with Crippen molar-refractivity contribution >= 4 is 0 Å². The molecule has 1 aromatic carbocycles. The predicted octanol–water partition coefficient (Wildman–Crippen LogP) is 1.38. The number of hydrogen-bond acceptors (Lipinski definition) is 4. The predicted molar refractivity (Wildman–Crippen MR) is 58.5 cm³/mol. The van der Waals surface area contributed by atoms with Gasteiger partial charge in [-0.25, -0.2) is 5.90 Å². The third-order valence-electron chi connectivity index (χ3n) is 3.37. The van der Waals surface area contributed by atoms with Crippen LogP contribution in [0.1, 0.15) is 18.4 Å². The van der Waals surface area contributed by atoms with Crippen LogP contribution in [-0.4, -0.2) is 19.8 Å². The van der Waals surface area contributed by atoms with Crippen molar-refractivity contribution in [3.8, 4) is 11.5 Å². The molecule has 1 aromatic rings. The van der Waals surface area contributed by atoms with Crippen molar-refractivity contribution in [2.75, 3.05) is 19.8 Å². The smallest absolute Gasteiger partial charge is 0.161 e. The van der Waals surface area contributed by atoms with E-state index in [1.54, 1.807) is 0 Å². The van der Waals surface area contributed by atoms with Crippen LogP contribution in [0.25, 0.3) is 0 Å². The molecule has 1 heterocycles. The fourth-order valence-corrected chi connectivity index (χ4v) is 2.20. The number of fused-ring (bicyclic) bond motifs is 1. The summed E-state index contributed by atoms with van der Waals surface area (Å²) >= 11 is 0. The molecule has 16 heavy (non-hydrogen) atoms.